The molecule has 3 aromatic heterocycles. The van der Waals surface area contributed by atoms with Crippen LogP contribution in [0.2, 0.25) is 0 Å². The number of aliphatic hydroxyl groups excluding tert-OH is 1. The summed E-state index contributed by atoms with van der Waals surface area (Å²) < 4.78 is 8.11. The number of hydrogen-bond donors (Lipinski definition) is 1. The molecule has 124 valence electrons. The number of furan rings is 1. The fourth-order valence-electron chi connectivity index (χ4n) is 2.85. The fraction of sp³-hybridized carbons (Fsp3) is 0.150. The molecule has 0 fully saturated rings. The standard InChI is InChI=1S/C20H16N2O2S/c1-14-16-6-2-3-7-17(16)24-18(14)12-22-9-8-21-20(22)19-11-15(13-25-19)5-4-10-23/h2-3,6-9,11,13,23H,10,12H2,1H3. The lowest BCUT2D eigenvalue weighted by Gasteiger charge is -2.05. The first-order valence-corrected chi connectivity index (χ1v) is 8.81. The topological polar surface area (TPSA) is 51.2 Å². The normalized spacial score (nSPS) is 10.8. The van der Waals surface area contributed by atoms with E-state index in [0.717, 1.165) is 38.6 Å². The first-order chi connectivity index (χ1) is 12.3. The number of fused-ring (bicyclic) bond motifs is 1. The van der Waals surface area contributed by atoms with E-state index < -0.39 is 0 Å². The predicted octanol–water partition coefficient (Wildman–Crippen LogP) is 4.06. The highest BCUT2D eigenvalue weighted by Crippen LogP contribution is 2.29. The van der Waals surface area contributed by atoms with Crippen molar-refractivity contribution < 1.29 is 9.52 Å². The van der Waals surface area contributed by atoms with E-state index in [9.17, 15) is 0 Å². The second kappa shape index (κ2) is 6.60. The van der Waals surface area contributed by atoms with Crippen molar-refractivity contribution in [2.24, 2.45) is 0 Å². The molecule has 0 amide bonds. The Bertz CT molecular complexity index is 1090. The van der Waals surface area contributed by atoms with Crippen LogP contribution in [0, 0.1) is 18.8 Å². The lowest BCUT2D eigenvalue weighted by molar-refractivity contribution is 0.350. The zero-order chi connectivity index (χ0) is 17.2. The van der Waals surface area contributed by atoms with Crippen LogP contribution in [0.3, 0.4) is 0 Å². The van der Waals surface area contributed by atoms with Gasteiger partial charge in [-0.05, 0) is 19.1 Å². The van der Waals surface area contributed by atoms with Gasteiger partial charge in [-0.25, -0.2) is 4.98 Å². The molecule has 0 aliphatic carbocycles. The summed E-state index contributed by atoms with van der Waals surface area (Å²) in [7, 11) is 0. The van der Waals surface area contributed by atoms with Crippen molar-refractivity contribution >= 4 is 22.3 Å². The molecule has 0 spiro atoms. The molecule has 0 saturated carbocycles. The lowest BCUT2D eigenvalue weighted by Crippen LogP contribution is -2.00. The number of benzene rings is 1. The number of imidazole rings is 1. The molecule has 0 aliphatic heterocycles. The third kappa shape index (κ3) is 2.98. The van der Waals surface area contributed by atoms with Crippen LogP contribution in [0.5, 0.6) is 0 Å². The summed E-state index contributed by atoms with van der Waals surface area (Å²) in [6.07, 6.45) is 3.76. The largest absolute Gasteiger partial charge is 0.459 e. The van der Waals surface area contributed by atoms with E-state index in [0.29, 0.717) is 6.54 Å². The monoisotopic (exact) mass is 348 g/mol. The van der Waals surface area contributed by atoms with Gasteiger partial charge >= 0.3 is 0 Å². The number of aromatic nitrogens is 2. The second-order valence-electron chi connectivity index (χ2n) is 5.68. The first kappa shape index (κ1) is 15.7. The number of rotatable bonds is 3. The molecular formula is C20H16N2O2S. The number of aliphatic hydroxyl groups is 1. The molecule has 0 aliphatic rings. The van der Waals surface area contributed by atoms with Gasteiger partial charge in [0.25, 0.3) is 0 Å². The number of aryl methyl sites for hydroxylation is 1. The maximum Gasteiger partial charge on any atom is 0.150 e. The minimum atomic E-state index is -0.134. The van der Waals surface area contributed by atoms with Crippen molar-refractivity contribution in [1.82, 2.24) is 9.55 Å². The molecule has 5 heteroatoms. The lowest BCUT2D eigenvalue weighted by atomic mass is 10.1. The number of hydrogen-bond acceptors (Lipinski definition) is 4. The summed E-state index contributed by atoms with van der Waals surface area (Å²) in [5.41, 5.74) is 2.97. The molecule has 0 atom stereocenters. The molecule has 3 heterocycles. The van der Waals surface area contributed by atoms with Gasteiger partial charge in [0.2, 0.25) is 0 Å². The Labute approximate surface area is 149 Å². The molecule has 0 bridgehead atoms. The van der Waals surface area contributed by atoms with Gasteiger partial charge in [-0.15, -0.1) is 11.3 Å². The van der Waals surface area contributed by atoms with Crippen LogP contribution in [-0.4, -0.2) is 21.3 Å². The highest BCUT2D eigenvalue weighted by atomic mass is 32.1. The average Bonchev–Trinajstić information content (AvgIpc) is 3.34. The zero-order valence-electron chi connectivity index (χ0n) is 13.7. The van der Waals surface area contributed by atoms with E-state index in [2.05, 4.69) is 34.4 Å². The molecular weight excluding hydrogens is 332 g/mol. The zero-order valence-corrected chi connectivity index (χ0v) is 14.5. The summed E-state index contributed by atoms with van der Waals surface area (Å²) >= 11 is 1.59. The molecule has 1 aromatic carbocycles. The minimum Gasteiger partial charge on any atom is -0.459 e. The summed E-state index contributed by atoms with van der Waals surface area (Å²) in [4.78, 5) is 5.54. The Hall–Kier alpha value is -2.81. The first-order valence-electron chi connectivity index (χ1n) is 7.93. The van der Waals surface area contributed by atoms with E-state index in [-0.39, 0.29) is 6.61 Å². The van der Waals surface area contributed by atoms with Gasteiger partial charge in [-0.3, -0.25) is 0 Å². The van der Waals surface area contributed by atoms with Gasteiger partial charge in [0.1, 0.15) is 23.8 Å². The second-order valence-corrected chi connectivity index (χ2v) is 6.60. The van der Waals surface area contributed by atoms with E-state index in [1.807, 2.05) is 35.8 Å². The molecule has 4 aromatic rings. The molecule has 4 rings (SSSR count). The van der Waals surface area contributed by atoms with Gasteiger partial charge < -0.3 is 14.1 Å². The molecule has 0 unspecified atom stereocenters. The predicted molar refractivity (Wildman–Crippen MR) is 99.6 cm³/mol. The Morgan fingerprint density at radius 2 is 2.20 bits per heavy atom. The van der Waals surface area contributed by atoms with Gasteiger partial charge in [0.15, 0.2) is 0 Å². The van der Waals surface area contributed by atoms with Gasteiger partial charge in [-0.1, -0.05) is 30.0 Å². The van der Waals surface area contributed by atoms with Crippen molar-refractivity contribution in [2.75, 3.05) is 6.61 Å². The maximum atomic E-state index is 8.82. The van der Waals surface area contributed by atoms with Crippen molar-refractivity contribution in [3.05, 3.63) is 65.0 Å². The van der Waals surface area contributed by atoms with Crippen LogP contribution in [0.25, 0.3) is 21.7 Å². The van der Waals surface area contributed by atoms with Crippen molar-refractivity contribution in [1.29, 1.82) is 0 Å². The summed E-state index contributed by atoms with van der Waals surface area (Å²) in [5.74, 6) is 7.43. The van der Waals surface area contributed by atoms with E-state index in [4.69, 9.17) is 9.52 Å². The van der Waals surface area contributed by atoms with Crippen molar-refractivity contribution in [3.8, 4) is 22.5 Å². The summed E-state index contributed by atoms with van der Waals surface area (Å²) in [5, 5.41) is 11.9. The van der Waals surface area contributed by atoms with E-state index in [1.54, 1.807) is 17.5 Å². The third-order valence-corrected chi connectivity index (χ3v) is 5.03. The van der Waals surface area contributed by atoms with Crippen LogP contribution in [0.15, 0.2) is 52.5 Å². The third-order valence-electron chi connectivity index (χ3n) is 4.10. The van der Waals surface area contributed by atoms with E-state index in [1.165, 1.54) is 0 Å². The fourth-order valence-corrected chi connectivity index (χ4v) is 3.70. The molecule has 4 nitrogen and oxygen atoms in total. The Morgan fingerprint density at radius 1 is 1.32 bits per heavy atom. The maximum absolute atomic E-state index is 8.82. The molecule has 0 saturated heterocycles. The van der Waals surface area contributed by atoms with Crippen molar-refractivity contribution in [2.45, 2.75) is 13.5 Å². The highest BCUT2D eigenvalue weighted by Gasteiger charge is 2.14. The Kier molecular flexibility index (Phi) is 4.14. The smallest absolute Gasteiger partial charge is 0.150 e. The van der Waals surface area contributed by atoms with Crippen LogP contribution in [-0.2, 0) is 6.54 Å². The van der Waals surface area contributed by atoms with Gasteiger partial charge in [0.05, 0.1) is 11.4 Å². The Morgan fingerprint density at radius 3 is 3.04 bits per heavy atom. The highest BCUT2D eigenvalue weighted by molar-refractivity contribution is 7.13. The van der Waals surface area contributed by atoms with Gasteiger partial charge in [-0.2, -0.15) is 0 Å². The average molecular weight is 348 g/mol. The quantitative estimate of drug-likeness (QED) is 0.568. The van der Waals surface area contributed by atoms with Crippen molar-refractivity contribution in [3.63, 3.8) is 0 Å². The van der Waals surface area contributed by atoms with Crippen LogP contribution in [0.4, 0.5) is 0 Å². The van der Waals surface area contributed by atoms with Crippen LogP contribution in [0.1, 0.15) is 16.9 Å². The molecule has 1 N–H and O–H groups in total. The van der Waals surface area contributed by atoms with E-state index >= 15 is 0 Å². The van der Waals surface area contributed by atoms with Crippen LogP contribution < -0.4 is 0 Å². The number of thiophene rings is 1. The Balaban J connectivity index is 1.67. The summed E-state index contributed by atoms with van der Waals surface area (Å²) in [6, 6.07) is 10.1. The number of para-hydroxylation sites is 1. The van der Waals surface area contributed by atoms with Gasteiger partial charge in [0, 0.05) is 34.3 Å². The summed E-state index contributed by atoms with van der Waals surface area (Å²) in [6.45, 7) is 2.59. The SMILES string of the molecule is Cc1c(Cn2ccnc2-c2cc(C#CCO)cs2)oc2ccccc12. The molecule has 25 heavy (non-hydrogen) atoms. The van der Waals surface area contributed by atoms with Crippen LogP contribution >= 0.6 is 11.3 Å². The minimum absolute atomic E-state index is 0.134. The molecule has 0 radical (unpaired) electrons. The number of nitrogens with zero attached hydrogens (tertiary/aromatic N) is 2.